The molecule has 0 aliphatic carbocycles. The lowest BCUT2D eigenvalue weighted by Gasteiger charge is -2.25. The third-order valence-corrected chi connectivity index (χ3v) is 3.57. The molecule has 110 valence electrons. The molecular weight excluding hydrogens is 252 g/mol. The van der Waals surface area contributed by atoms with E-state index in [9.17, 15) is 4.79 Å². The van der Waals surface area contributed by atoms with Gasteiger partial charge in [-0.2, -0.15) is 0 Å². The minimum atomic E-state index is -0.448. The molecule has 4 nitrogen and oxygen atoms in total. The number of benzene rings is 1. The molecular formula is C16H24N2O2. The average molecular weight is 276 g/mol. The SMILES string of the molecule is CC(C)(C)OC(=O)N1CC[C@@H](C(N)c2ccccc2)C1. The van der Waals surface area contributed by atoms with Crippen molar-refractivity contribution in [3.05, 3.63) is 35.9 Å². The van der Waals surface area contributed by atoms with E-state index in [1.165, 1.54) is 0 Å². The molecule has 0 spiro atoms. The van der Waals surface area contributed by atoms with Crippen LogP contribution in [0.15, 0.2) is 30.3 Å². The van der Waals surface area contributed by atoms with Crippen LogP contribution < -0.4 is 5.73 Å². The molecule has 1 aromatic carbocycles. The van der Waals surface area contributed by atoms with E-state index < -0.39 is 5.60 Å². The normalized spacial score (nSPS) is 20.8. The fourth-order valence-corrected chi connectivity index (χ4v) is 2.52. The summed E-state index contributed by atoms with van der Waals surface area (Å²) in [5.41, 5.74) is 6.99. The second kappa shape index (κ2) is 5.83. The monoisotopic (exact) mass is 276 g/mol. The Labute approximate surface area is 120 Å². The maximum atomic E-state index is 12.0. The minimum Gasteiger partial charge on any atom is -0.444 e. The van der Waals surface area contributed by atoms with Crippen molar-refractivity contribution in [2.75, 3.05) is 13.1 Å². The van der Waals surface area contributed by atoms with E-state index in [1.807, 2.05) is 51.1 Å². The Hall–Kier alpha value is -1.55. The van der Waals surface area contributed by atoms with E-state index in [-0.39, 0.29) is 12.1 Å². The molecule has 4 heteroatoms. The quantitative estimate of drug-likeness (QED) is 0.903. The Balaban J connectivity index is 1.94. The van der Waals surface area contributed by atoms with Gasteiger partial charge < -0.3 is 15.4 Å². The Bertz CT molecular complexity index is 453. The summed E-state index contributed by atoms with van der Waals surface area (Å²) in [5, 5.41) is 0. The molecule has 1 aliphatic heterocycles. The number of hydrogen-bond acceptors (Lipinski definition) is 3. The van der Waals surface area contributed by atoms with Gasteiger partial charge in [-0.05, 0) is 38.7 Å². The predicted molar refractivity (Wildman–Crippen MR) is 79.3 cm³/mol. The molecule has 1 heterocycles. The van der Waals surface area contributed by atoms with Gasteiger partial charge >= 0.3 is 6.09 Å². The maximum Gasteiger partial charge on any atom is 0.410 e. The Morgan fingerprint density at radius 1 is 1.35 bits per heavy atom. The third-order valence-electron chi connectivity index (χ3n) is 3.57. The van der Waals surface area contributed by atoms with Crippen LogP contribution in [0.4, 0.5) is 4.79 Å². The molecule has 20 heavy (non-hydrogen) atoms. The van der Waals surface area contributed by atoms with Crippen LogP contribution in [0.25, 0.3) is 0 Å². The first-order valence-corrected chi connectivity index (χ1v) is 7.15. The molecule has 2 atom stereocenters. The first-order valence-electron chi connectivity index (χ1n) is 7.15. The van der Waals surface area contributed by atoms with Crippen molar-refractivity contribution in [3.63, 3.8) is 0 Å². The highest BCUT2D eigenvalue weighted by molar-refractivity contribution is 5.68. The van der Waals surface area contributed by atoms with Crippen LogP contribution in [0.3, 0.4) is 0 Å². The maximum absolute atomic E-state index is 12.0. The van der Waals surface area contributed by atoms with Gasteiger partial charge in [-0.3, -0.25) is 0 Å². The van der Waals surface area contributed by atoms with Crippen LogP contribution in [0, 0.1) is 5.92 Å². The van der Waals surface area contributed by atoms with Crippen molar-refractivity contribution < 1.29 is 9.53 Å². The van der Waals surface area contributed by atoms with Gasteiger partial charge in [-0.25, -0.2) is 4.79 Å². The highest BCUT2D eigenvalue weighted by atomic mass is 16.6. The van der Waals surface area contributed by atoms with E-state index in [2.05, 4.69) is 0 Å². The van der Waals surface area contributed by atoms with Gasteiger partial charge in [0.2, 0.25) is 0 Å². The molecule has 0 aromatic heterocycles. The summed E-state index contributed by atoms with van der Waals surface area (Å²) in [6, 6.07) is 10.0. The van der Waals surface area contributed by atoms with Crippen molar-refractivity contribution in [3.8, 4) is 0 Å². The van der Waals surface area contributed by atoms with Crippen LogP contribution in [-0.2, 0) is 4.74 Å². The molecule has 0 saturated carbocycles. The van der Waals surface area contributed by atoms with Gasteiger partial charge in [0.15, 0.2) is 0 Å². The number of carbonyl (C=O) groups excluding carboxylic acids is 1. The van der Waals surface area contributed by atoms with Crippen LogP contribution in [-0.4, -0.2) is 29.7 Å². The molecule has 2 N–H and O–H groups in total. The number of amides is 1. The lowest BCUT2D eigenvalue weighted by atomic mass is 9.93. The standard InChI is InChI=1S/C16H24N2O2/c1-16(2,3)20-15(19)18-10-9-13(11-18)14(17)12-7-5-4-6-8-12/h4-8,13-14H,9-11,17H2,1-3H3/t13-,14?/m1/s1. The van der Waals surface area contributed by atoms with E-state index in [0.29, 0.717) is 12.5 Å². The molecule has 1 aliphatic rings. The van der Waals surface area contributed by atoms with Gasteiger partial charge in [0, 0.05) is 19.1 Å². The first-order chi connectivity index (χ1) is 9.37. The molecule has 1 unspecified atom stereocenters. The number of nitrogens with two attached hydrogens (primary N) is 1. The van der Waals surface area contributed by atoms with Crippen molar-refractivity contribution in [1.82, 2.24) is 4.90 Å². The molecule has 0 bridgehead atoms. The molecule has 1 amide bonds. The minimum absolute atomic E-state index is 0.0244. The Morgan fingerprint density at radius 3 is 2.60 bits per heavy atom. The smallest absolute Gasteiger partial charge is 0.410 e. The van der Waals surface area contributed by atoms with Crippen molar-refractivity contribution in [2.24, 2.45) is 11.7 Å². The zero-order valence-electron chi connectivity index (χ0n) is 12.5. The average Bonchev–Trinajstić information content (AvgIpc) is 2.86. The lowest BCUT2D eigenvalue weighted by molar-refractivity contribution is 0.0286. The first kappa shape index (κ1) is 14.9. The molecule has 1 aromatic rings. The van der Waals surface area contributed by atoms with Crippen molar-refractivity contribution in [2.45, 2.75) is 38.8 Å². The summed E-state index contributed by atoms with van der Waals surface area (Å²) in [6.45, 7) is 7.04. The zero-order valence-corrected chi connectivity index (χ0v) is 12.5. The largest absolute Gasteiger partial charge is 0.444 e. The van der Waals surface area contributed by atoms with Gasteiger partial charge in [0.05, 0.1) is 0 Å². The number of rotatable bonds is 2. The highest BCUT2D eigenvalue weighted by Crippen LogP contribution is 2.28. The van der Waals surface area contributed by atoms with Crippen LogP contribution >= 0.6 is 0 Å². The van der Waals surface area contributed by atoms with Gasteiger partial charge in [-0.15, -0.1) is 0 Å². The van der Waals surface area contributed by atoms with E-state index in [0.717, 1.165) is 18.5 Å². The van der Waals surface area contributed by atoms with Crippen molar-refractivity contribution >= 4 is 6.09 Å². The highest BCUT2D eigenvalue weighted by Gasteiger charge is 2.33. The summed E-state index contributed by atoms with van der Waals surface area (Å²) in [7, 11) is 0. The van der Waals surface area contributed by atoms with Crippen LogP contribution in [0.2, 0.25) is 0 Å². The molecule has 0 radical (unpaired) electrons. The van der Waals surface area contributed by atoms with Crippen LogP contribution in [0.1, 0.15) is 38.8 Å². The number of nitrogens with zero attached hydrogens (tertiary/aromatic N) is 1. The fourth-order valence-electron chi connectivity index (χ4n) is 2.52. The summed E-state index contributed by atoms with van der Waals surface area (Å²) in [4.78, 5) is 13.8. The predicted octanol–water partition coefficient (Wildman–Crippen LogP) is 2.94. The Kier molecular flexibility index (Phi) is 4.33. The van der Waals surface area contributed by atoms with E-state index >= 15 is 0 Å². The van der Waals surface area contributed by atoms with Gasteiger partial charge in [0.25, 0.3) is 0 Å². The van der Waals surface area contributed by atoms with Gasteiger partial charge in [0.1, 0.15) is 5.60 Å². The van der Waals surface area contributed by atoms with E-state index in [1.54, 1.807) is 4.90 Å². The molecule has 1 fully saturated rings. The van der Waals surface area contributed by atoms with Gasteiger partial charge in [-0.1, -0.05) is 30.3 Å². The number of likely N-dealkylation sites (tertiary alicyclic amines) is 1. The number of ether oxygens (including phenoxy) is 1. The molecule has 1 saturated heterocycles. The summed E-state index contributed by atoms with van der Waals surface area (Å²) in [6.07, 6.45) is 0.690. The Morgan fingerprint density at radius 2 is 2.00 bits per heavy atom. The second-order valence-corrected chi connectivity index (χ2v) is 6.41. The topological polar surface area (TPSA) is 55.6 Å². The third kappa shape index (κ3) is 3.73. The zero-order chi connectivity index (χ0) is 14.8. The second-order valence-electron chi connectivity index (χ2n) is 6.41. The fraction of sp³-hybridized carbons (Fsp3) is 0.562. The lowest BCUT2D eigenvalue weighted by Crippen LogP contribution is -2.36. The number of carbonyl (C=O) groups is 1. The van der Waals surface area contributed by atoms with Crippen molar-refractivity contribution in [1.29, 1.82) is 0 Å². The summed E-state index contributed by atoms with van der Waals surface area (Å²) >= 11 is 0. The number of hydrogen-bond donors (Lipinski definition) is 1. The molecule has 2 rings (SSSR count). The summed E-state index contributed by atoms with van der Waals surface area (Å²) < 4.78 is 5.40. The summed E-state index contributed by atoms with van der Waals surface area (Å²) in [5.74, 6) is 0.296. The van der Waals surface area contributed by atoms with Crippen LogP contribution in [0.5, 0.6) is 0 Å². The van der Waals surface area contributed by atoms with E-state index in [4.69, 9.17) is 10.5 Å².